The van der Waals surface area contributed by atoms with Crippen molar-refractivity contribution in [2.75, 3.05) is 6.54 Å². The van der Waals surface area contributed by atoms with Crippen molar-refractivity contribution < 1.29 is 22.8 Å². The van der Waals surface area contributed by atoms with Crippen molar-refractivity contribution in [1.29, 1.82) is 0 Å². The van der Waals surface area contributed by atoms with Gasteiger partial charge in [0.25, 0.3) is 5.91 Å². The van der Waals surface area contributed by atoms with Crippen molar-refractivity contribution >= 4 is 11.8 Å². The lowest BCUT2D eigenvalue weighted by Gasteiger charge is -2.32. The number of nitrogens with one attached hydrogen (secondary N) is 2. The van der Waals surface area contributed by atoms with Crippen LogP contribution in [0.5, 0.6) is 0 Å². The second-order valence-electron chi connectivity index (χ2n) is 7.06. The molecular formula is C20H27F3N2O2. The van der Waals surface area contributed by atoms with Crippen LogP contribution in [0.1, 0.15) is 61.4 Å². The van der Waals surface area contributed by atoms with Crippen LogP contribution in [0.25, 0.3) is 0 Å². The zero-order chi connectivity index (χ0) is 19.9. The predicted octanol–water partition coefficient (Wildman–Crippen LogP) is 4.20. The van der Waals surface area contributed by atoms with Crippen molar-refractivity contribution in [3.8, 4) is 0 Å². The molecule has 0 aliphatic heterocycles. The van der Waals surface area contributed by atoms with Crippen molar-refractivity contribution in [2.45, 2.75) is 58.2 Å². The zero-order valence-corrected chi connectivity index (χ0v) is 15.6. The van der Waals surface area contributed by atoms with E-state index in [1.807, 2.05) is 6.92 Å². The standard InChI is InChI=1S/C20H27F3N2O2/c1-2-3-12-24-18(26)15-10-8-14(9-11-15)13-25-19(27)16-6-4-5-7-17(16)20(21,22)23/h8-11,16-17H,2-7,12-13H2,1H3,(H,24,26)(H,25,27). The smallest absolute Gasteiger partial charge is 0.352 e. The van der Waals surface area contributed by atoms with Crippen LogP contribution in [0.3, 0.4) is 0 Å². The van der Waals surface area contributed by atoms with Crippen LogP contribution < -0.4 is 10.6 Å². The topological polar surface area (TPSA) is 58.2 Å². The first-order valence-electron chi connectivity index (χ1n) is 9.54. The van der Waals surface area contributed by atoms with Gasteiger partial charge in [0, 0.05) is 24.6 Å². The highest BCUT2D eigenvalue weighted by molar-refractivity contribution is 5.94. The third kappa shape index (κ3) is 6.26. The summed E-state index contributed by atoms with van der Waals surface area (Å²) in [5, 5.41) is 5.44. The predicted molar refractivity (Wildman–Crippen MR) is 97.0 cm³/mol. The van der Waals surface area contributed by atoms with Gasteiger partial charge in [-0.25, -0.2) is 0 Å². The third-order valence-corrected chi connectivity index (χ3v) is 5.02. The Morgan fingerprint density at radius 2 is 1.74 bits per heavy atom. The quantitative estimate of drug-likeness (QED) is 0.692. The molecule has 0 spiro atoms. The minimum atomic E-state index is -4.34. The highest BCUT2D eigenvalue weighted by Crippen LogP contribution is 2.41. The molecule has 0 radical (unpaired) electrons. The molecule has 0 aromatic heterocycles. The summed E-state index contributed by atoms with van der Waals surface area (Å²) >= 11 is 0. The van der Waals surface area contributed by atoms with E-state index in [1.54, 1.807) is 24.3 Å². The van der Waals surface area contributed by atoms with Crippen LogP contribution in [0, 0.1) is 11.8 Å². The molecule has 2 atom stereocenters. The molecule has 1 aliphatic rings. The maximum absolute atomic E-state index is 13.1. The summed E-state index contributed by atoms with van der Waals surface area (Å²) in [6, 6.07) is 6.72. The molecule has 7 heteroatoms. The van der Waals surface area contributed by atoms with Gasteiger partial charge in [-0.05, 0) is 37.0 Å². The lowest BCUT2D eigenvalue weighted by Crippen LogP contribution is -2.42. The van der Waals surface area contributed by atoms with Gasteiger partial charge in [0.2, 0.25) is 5.91 Å². The van der Waals surface area contributed by atoms with Gasteiger partial charge < -0.3 is 10.6 Å². The molecule has 1 aromatic rings. The fourth-order valence-electron chi connectivity index (χ4n) is 3.41. The maximum atomic E-state index is 13.1. The highest BCUT2D eigenvalue weighted by atomic mass is 19.4. The van der Waals surface area contributed by atoms with E-state index in [2.05, 4.69) is 10.6 Å². The number of rotatable bonds is 7. The zero-order valence-electron chi connectivity index (χ0n) is 15.6. The van der Waals surface area contributed by atoms with Gasteiger partial charge in [0.15, 0.2) is 0 Å². The van der Waals surface area contributed by atoms with Crippen molar-refractivity contribution in [1.82, 2.24) is 10.6 Å². The number of alkyl halides is 3. The Kier molecular flexibility index (Phi) is 7.68. The van der Waals surface area contributed by atoms with E-state index in [4.69, 9.17) is 0 Å². The lowest BCUT2D eigenvalue weighted by atomic mass is 9.78. The van der Waals surface area contributed by atoms with E-state index in [-0.39, 0.29) is 25.3 Å². The molecule has 150 valence electrons. The SMILES string of the molecule is CCCCNC(=O)c1ccc(CNC(=O)C2CCCCC2C(F)(F)F)cc1. The van der Waals surface area contributed by atoms with Gasteiger partial charge in [0.05, 0.1) is 5.92 Å². The van der Waals surface area contributed by atoms with Crippen LogP contribution in [-0.2, 0) is 11.3 Å². The van der Waals surface area contributed by atoms with E-state index in [9.17, 15) is 22.8 Å². The van der Waals surface area contributed by atoms with Gasteiger partial charge in [-0.3, -0.25) is 9.59 Å². The Hall–Kier alpha value is -2.05. The number of amides is 2. The molecule has 1 aliphatic carbocycles. The first-order chi connectivity index (χ1) is 12.8. The molecule has 2 amide bonds. The monoisotopic (exact) mass is 384 g/mol. The molecule has 0 bridgehead atoms. The second kappa shape index (κ2) is 9.76. The molecule has 1 aromatic carbocycles. The summed E-state index contributed by atoms with van der Waals surface area (Å²) in [6.45, 7) is 2.81. The fraction of sp³-hybridized carbons (Fsp3) is 0.600. The van der Waals surface area contributed by atoms with E-state index < -0.39 is 23.9 Å². The molecular weight excluding hydrogens is 357 g/mol. The van der Waals surface area contributed by atoms with Gasteiger partial charge in [-0.1, -0.05) is 38.3 Å². The Labute approximate surface area is 157 Å². The molecule has 1 fully saturated rings. The van der Waals surface area contributed by atoms with Crippen LogP contribution in [0.4, 0.5) is 13.2 Å². The van der Waals surface area contributed by atoms with Gasteiger partial charge >= 0.3 is 6.18 Å². The van der Waals surface area contributed by atoms with Crippen LogP contribution in [0.15, 0.2) is 24.3 Å². The molecule has 2 rings (SSSR count). The lowest BCUT2D eigenvalue weighted by molar-refractivity contribution is -0.198. The third-order valence-electron chi connectivity index (χ3n) is 5.02. The van der Waals surface area contributed by atoms with Crippen LogP contribution >= 0.6 is 0 Å². The van der Waals surface area contributed by atoms with E-state index in [0.29, 0.717) is 24.9 Å². The van der Waals surface area contributed by atoms with E-state index in [1.165, 1.54) is 0 Å². The molecule has 27 heavy (non-hydrogen) atoms. The first kappa shape index (κ1) is 21.3. The second-order valence-corrected chi connectivity index (χ2v) is 7.06. The summed E-state index contributed by atoms with van der Waals surface area (Å²) in [5.74, 6) is -3.27. The number of carbonyl (C=O) groups is 2. The Balaban J connectivity index is 1.88. The minimum absolute atomic E-state index is 0.0173. The summed E-state index contributed by atoms with van der Waals surface area (Å²) in [7, 11) is 0. The minimum Gasteiger partial charge on any atom is -0.352 e. The first-order valence-corrected chi connectivity index (χ1v) is 9.54. The maximum Gasteiger partial charge on any atom is 0.392 e. The van der Waals surface area contributed by atoms with Crippen molar-refractivity contribution in [3.63, 3.8) is 0 Å². The normalized spacial score (nSPS) is 20.1. The highest BCUT2D eigenvalue weighted by Gasteiger charge is 2.47. The van der Waals surface area contributed by atoms with Crippen LogP contribution in [0.2, 0.25) is 0 Å². The number of unbranched alkanes of at least 4 members (excludes halogenated alkanes) is 1. The molecule has 2 unspecified atom stereocenters. The number of halogens is 3. The average molecular weight is 384 g/mol. The number of hydrogen-bond donors (Lipinski definition) is 2. The average Bonchev–Trinajstić information content (AvgIpc) is 2.66. The number of benzene rings is 1. The number of carbonyl (C=O) groups excluding carboxylic acids is 2. The Morgan fingerprint density at radius 3 is 2.37 bits per heavy atom. The Morgan fingerprint density at radius 1 is 1.07 bits per heavy atom. The summed E-state index contributed by atoms with van der Waals surface area (Å²) in [6.07, 6.45) is -0.987. The van der Waals surface area contributed by atoms with E-state index >= 15 is 0 Å². The number of hydrogen-bond acceptors (Lipinski definition) is 2. The Bertz CT molecular complexity index is 629. The molecule has 0 saturated heterocycles. The van der Waals surface area contributed by atoms with Gasteiger partial charge in [-0.2, -0.15) is 13.2 Å². The van der Waals surface area contributed by atoms with Gasteiger partial charge in [0.1, 0.15) is 0 Å². The summed E-state index contributed by atoms with van der Waals surface area (Å²) < 4.78 is 39.4. The van der Waals surface area contributed by atoms with Gasteiger partial charge in [-0.15, -0.1) is 0 Å². The van der Waals surface area contributed by atoms with Crippen LogP contribution in [-0.4, -0.2) is 24.5 Å². The molecule has 2 N–H and O–H groups in total. The molecule has 0 heterocycles. The molecule has 4 nitrogen and oxygen atoms in total. The van der Waals surface area contributed by atoms with E-state index in [0.717, 1.165) is 18.4 Å². The summed E-state index contributed by atoms with van der Waals surface area (Å²) in [5.41, 5.74) is 1.26. The molecule has 1 saturated carbocycles. The van der Waals surface area contributed by atoms with Crippen molar-refractivity contribution in [3.05, 3.63) is 35.4 Å². The van der Waals surface area contributed by atoms with Crippen molar-refractivity contribution in [2.24, 2.45) is 11.8 Å². The summed E-state index contributed by atoms with van der Waals surface area (Å²) in [4.78, 5) is 24.2. The largest absolute Gasteiger partial charge is 0.392 e. The fourth-order valence-corrected chi connectivity index (χ4v) is 3.41.